The Hall–Kier alpha value is -0.720. The number of aliphatic hydroxyl groups excluding tert-OH is 1. The number of aromatic amines is 1. The van der Waals surface area contributed by atoms with Gasteiger partial charge in [0, 0.05) is 16.6 Å². The Kier molecular flexibility index (Phi) is 4.44. The SMILES string of the molecule is Cc1[nH]c(=S)sc1CC(=O)NC(C)CO. The number of carbonyl (C=O) groups is 1. The summed E-state index contributed by atoms with van der Waals surface area (Å²) in [6.07, 6.45) is 0.313. The predicted octanol–water partition coefficient (Wildman–Crippen LogP) is 1.15. The molecule has 84 valence electrons. The van der Waals surface area contributed by atoms with Gasteiger partial charge in [0.05, 0.1) is 13.0 Å². The van der Waals surface area contributed by atoms with E-state index >= 15 is 0 Å². The summed E-state index contributed by atoms with van der Waals surface area (Å²) in [6, 6.07) is -0.204. The number of aryl methyl sites for hydroxylation is 1. The van der Waals surface area contributed by atoms with Crippen molar-refractivity contribution in [2.75, 3.05) is 6.61 Å². The van der Waals surface area contributed by atoms with Crippen molar-refractivity contribution in [1.29, 1.82) is 0 Å². The molecular formula is C9H14N2O2S2. The fraction of sp³-hybridized carbons (Fsp3) is 0.556. The van der Waals surface area contributed by atoms with Gasteiger partial charge in [-0.25, -0.2) is 0 Å². The molecule has 0 aliphatic carbocycles. The van der Waals surface area contributed by atoms with Crippen LogP contribution in [0.5, 0.6) is 0 Å². The van der Waals surface area contributed by atoms with Gasteiger partial charge >= 0.3 is 0 Å². The normalized spacial score (nSPS) is 12.5. The van der Waals surface area contributed by atoms with E-state index < -0.39 is 0 Å². The Labute approximate surface area is 97.3 Å². The summed E-state index contributed by atoms with van der Waals surface area (Å²) in [5.41, 5.74) is 0.941. The number of thiazole rings is 1. The lowest BCUT2D eigenvalue weighted by molar-refractivity contribution is -0.121. The minimum absolute atomic E-state index is 0.0480. The first kappa shape index (κ1) is 12.4. The Morgan fingerprint density at radius 1 is 1.73 bits per heavy atom. The summed E-state index contributed by atoms with van der Waals surface area (Å²) in [5.74, 6) is -0.0927. The molecule has 1 unspecified atom stereocenters. The highest BCUT2D eigenvalue weighted by atomic mass is 32.1. The van der Waals surface area contributed by atoms with Crippen LogP contribution in [0, 0.1) is 10.9 Å². The van der Waals surface area contributed by atoms with Gasteiger partial charge in [0.1, 0.15) is 0 Å². The Morgan fingerprint density at radius 2 is 2.40 bits per heavy atom. The number of aromatic nitrogens is 1. The van der Waals surface area contributed by atoms with E-state index in [4.69, 9.17) is 17.3 Å². The minimum Gasteiger partial charge on any atom is -0.394 e. The number of amides is 1. The van der Waals surface area contributed by atoms with E-state index in [0.717, 1.165) is 10.6 Å². The summed E-state index contributed by atoms with van der Waals surface area (Å²) < 4.78 is 0.686. The Bertz CT molecular complexity index is 397. The average Bonchev–Trinajstić information content (AvgIpc) is 2.44. The fourth-order valence-electron chi connectivity index (χ4n) is 1.12. The number of H-pyrrole nitrogens is 1. The molecular weight excluding hydrogens is 232 g/mol. The van der Waals surface area contributed by atoms with E-state index in [9.17, 15) is 4.79 Å². The molecule has 4 nitrogen and oxygen atoms in total. The predicted molar refractivity (Wildman–Crippen MR) is 62.6 cm³/mol. The second-order valence-corrected chi connectivity index (χ2v) is 5.16. The van der Waals surface area contributed by atoms with Crippen molar-refractivity contribution < 1.29 is 9.90 Å². The van der Waals surface area contributed by atoms with Crippen molar-refractivity contribution in [2.24, 2.45) is 0 Å². The first-order valence-electron chi connectivity index (χ1n) is 4.61. The van der Waals surface area contributed by atoms with Gasteiger partial charge in [-0.1, -0.05) is 0 Å². The van der Waals surface area contributed by atoms with E-state index in [1.54, 1.807) is 6.92 Å². The zero-order chi connectivity index (χ0) is 11.4. The molecule has 1 amide bonds. The first-order valence-corrected chi connectivity index (χ1v) is 5.84. The van der Waals surface area contributed by atoms with Gasteiger partial charge in [0.2, 0.25) is 5.91 Å². The molecule has 1 heterocycles. The number of aliphatic hydroxyl groups is 1. The lowest BCUT2D eigenvalue weighted by Crippen LogP contribution is -2.35. The maximum absolute atomic E-state index is 11.5. The van der Waals surface area contributed by atoms with Crippen LogP contribution in [-0.4, -0.2) is 28.6 Å². The number of carbonyl (C=O) groups excluding carboxylic acids is 1. The van der Waals surface area contributed by atoms with Crippen molar-refractivity contribution >= 4 is 29.5 Å². The van der Waals surface area contributed by atoms with Crippen LogP contribution < -0.4 is 5.32 Å². The van der Waals surface area contributed by atoms with E-state index in [1.165, 1.54) is 11.3 Å². The van der Waals surface area contributed by atoms with Crippen molar-refractivity contribution in [1.82, 2.24) is 10.3 Å². The highest BCUT2D eigenvalue weighted by Gasteiger charge is 2.10. The van der Waals surface area contributed by atoms with Gasteiger partial charge in [-0.15, -0.1) is 11.3 Å². The summed E-state index contributed by atoms with van der Waals surface area (Å²) in [7, 11) is 0. The average molecular weight is 246 g/mol. The third kappa shape index (κ3) is 3.73. The highest BCUT2D eigenvalue weighted by molar-refractivity contribution is 7.73. The zero-order valence-corrected chi connectivity index (χ0v) is 10.3. The van der Waals surface area contributed by atoms with Crippen LogP contribution in [-0.2, 0) is 11.2 Å². The summed E-state index contributed by atoms with van der Waals surface area (Å²) in [5, 5.41) is 11.5. The molecule has 0 radical (unpaired) electrons. The van der Waals surface area contributed by atoms with Crippen molar-refractivity contribution in [3.8, 4) is 0 Å². The topological polar surface area (TPSA) is 65.1 Å². The Morgan fingerprint density at radius 3 is 2.87 bits per heavy atom. The van der Waals surface area contributed by atoms with Crippen molar-refractivity contribution in [3.05, 3.63) is 14.5 Å². The number of hydrogen-bond acceptors (Lipinski definition) is 4. The maximum Gasteiger partial charge on any atom is 0.225 e. The molecule has 0 aliphatic heterocycles. The summed E-state index contributed by atoms with van der Waals surface area (Å²) in [4.78, 5) is 15.4. The Balaban J connectivity index is 2.59. The standard InChI is InChI=1S/C9H14N2O2S2/c1-5(4-12)10-8(13)3-7-6(2)11-9(14)15-7/h5,12H,3-4H2,1-2H3,(H,10,13)(H,11,14). The molecule has 0 fully saturated rings. The molecule has 0 bridgehead atoms. The quantitative estimate of drug-likeness (QED) is 0.698. The molecule has 0 saturated heterocycles. The lowest BCUT2D eigenvalue weighted by atomic mass is 10.2. The van der Waals surface area contributed by atoms with E-state index in [1.807, 2.05) is 6.92 Å². The third-order valence-electron chi connectivity index (χ3n) is 1.93. The number of rotatable bonds is 4. The van der Waals surface area contributed by atoms with Gasteiger partial charge in [0.15, 0.2) is 3.95 Å². The second-order valence-electron chi connectivity index (χ2n) is 3.39. The molecule has 1 rings (SSSR count). The van der Waals surface area contributed by atoms with Gasteiger partial charge < -0.3 is 15.4 Å². The first-order chi connectivity index (χ1) is 7.02. The minimum atomic E-state index is -0.204. The molecule has 6 heteroatoms. The second kappa shape index (κ2) is 5.39. The van der Waals surface area contributed by atoms with Gasteiger partial charge in [-0.2, -0.15) is 0 Å². The third-order valence-corrected chi connectivity index (χ3v) is 3.26. The molecule has 1 atom stereocenters. The molecule has 15 heavy (non-hydrogen) atoms. The van der Waals surface area contributed by atoms with Crippen LogP contribution >= 0.6 is 23.6 Å². The zero-order valence-electron chi connectivity index (χ0n) is 8.66. The molecule has 0 aromatic carbocycles. The van der Waals surface area contributed by atoms with E-state index in [0.29, 0.717) is 10.4 Å². The van der Waals surface area contributed by atoms with Gasteiger partial charge in [0.25, 0.3) is 0 Å². The van der Waals surface area contributed by atoms with E-state index in [-0.39, 0.29) is 18.6 Å². The molecule has 3 N–H and O–H groups in total. The van der Waals surface area contributed by atoms with Gasteiger partial charge in [-0.05, 0) is 26.1 Å². The van der Waals surface area contributed by atoms with Crippen LogP contribution in [0.2, 0.25) is 0 Å². The summed E-state index contributed by atoms with van der Waals surface area (Å²) >= 11 is 6.39. The van der Waals surface area contributed by atoms with Gasteiger partial charge in [-0.3, -0.25) is 4.79 Å². The molecule has 0 spiro atoms. The highest BCUT2D eigenvalue weighted by Crippen LogP contribution is 2.14. The lowest BCUT2D eigenvalue weighted by Gasteiger charge is -2.09. The maximum atomic E-state index is 11.5. The van der Waals surface area contributed by atoms with Crippen LogP contribution in [0.15, 0.2) is 0 Å². The molecule has 1 aromatic heterocycles. The monoisotopic (exact) mass is 246 g/mol. The number of nitrogens with one attached hydrogen (secondary N) is 2. The largest absolute Gasteiger partial charge is 0.394 e. The number of hydrogen-bond donors (Lipinski definition) is 3. The summed E-state index contributed by atoms with van der Waals surface area (Å²) in [6.45, 7) is 3.60. The van der Waals surface area contributed by atoms with Crippen molar-refractivity contribution in [2.45, 2.75) is 26.3 Å². The van der Waals surface area contributed by atoms with Crippen LogP contribution in [0.1, 0.15) is 17.5 Å². The fourth-order valence-corrected chi connectivity index (χ4v) is 2.41. The van der Waals surface area contributed by atoms with Crippen LogP contribution in [0.25, 0.3) is 0 Å². The molecule has 0 aliphatic rings. The van der Waals surface area contributed by atoms with Crippen LogP contribution in [0.4, 0.5) is 0 Å². The molecule has 1 aromatic rings. The van der Waals surface area contributed by atoms with E-state index in [2.05, 4.69) is 10.3 Å². The smallest absolute Gasteiger partial charge is 0.225 e. The van der Waals surface area contributed by atoms with Crippen LogP contribution in [0.3, 0.4) is 0 Å². The molecule has 0 saturated carbocycles. The van der Waals surface area contributed by atoms with Crippen molar-refractivity contribution in [3.63, 3.8) is 0 Å².